The zero-order chi connectivity index (χ0) is 23.0. The van der Waals surface area contributed by atoms with E-state index in [0.717, 1.165) is 5.56 Å². The Morgan fingerprint density at radius 1 is 1.25 bits per heavy atom. The molecule has 9 heteroatoms. The molecule has 6 nitrogen and oxygen atoms in total. The maximum atomic E-state index is 13.4. The van der Waals surface area contributed by atoms with Crippen LogP contribution >= 0.6 is 11.6 Å². The van der Waals surface area contributed by atoms with E-state index in [1.165, 1.54) is 31.3 Å². The van der Waals surface area contributed by atoms with Crippen molar-refractivity contribution in [1.29, 1.82) is 0 Å². The van der Waals surface area contributed by atoms with Gasteiger partial charge in [-0.15, -0.1) is 0 Å². The molecular weight excluding hydrogens is 444 g/mol. The van der Waals surface area contributed by atoms with Crippen LogP contribution < -0.4 is 14.9 Å². The van der Waals surface area contributed by atoms with Crippen molar-refractivity contribution in [3.05, 3.63) is 81.1 Å². The van der Waals surface area contributed by atoms with E-state index in [9.17, 15) is 18.4 Å². The Kier molecular flexibility index (Phi) is 5.75. The van der Waals surface area contributed by atoms with Crippen LogP contribution in [0.3, 0.4) is 0 Å². The lowest BCUT2D eigenvalue weighted by Gasteiger charge is -2.32. The van der Waals surface area contributed by atoms with Gasteiger partial charge in [-0.3, -0.25) is 9.59 Å². The summed E-state index contributed by atoms with van der Waals surface area (Å²) in [7, 11) is 0. The number of aliphatic hydroxyl groups excluding tert-OH is 1. The molecule has 3 aromatic rings. The zero-order valence-corrected chi connectivity index (χ0v) is 17.6. The van der Waals surface area contributed by atoms with Gasteiger partial charge >= 0.3 is 5.92 Å². The highest BCUT2D eigenvalue weighted by Crippen LogP contribution is 2.44. The second-order valence-corrected chi connectivity index (χ2v) is 7.77. The van der Waals surface area contributed by atoms with Crippen molar-refractivity contribution in [3.63, 3.8) is 0 Å². The number of halogens is 3. The second-order valence-electron chi connectivity index (χ2n) is 7.36. The van der Waals surface area contributed by atoms with Crippen molar-refractivity contribution in [2.45, 2.75) is 19.1 Å². The molecule has 1 N–H and O–H groups in total. The van der Waals surface area contributed by atoms with Gasteiger partial charge in [-0.25, -0.2) is 8.78 Å². The lowest BCUT2D eigenvalue weighted by atomic mass is 10.0. The average Bonchev–Trinajstić information content (AvgIpc) is 2.77. The van der Waals surface area contributed by atoms with E-state index in [0.29, 0.717) is 11.3 Å². The van der Waals surface area contributed by atoms with Crippen molar-refractivity contribution in [2.75, 3.05) is 13.2 Å². The Balaban J connectivity index is 1.86. The minimum Gasteiger partial charge on any atom is -0.486 e. The fourth-order valence-corrected chi connectivity index (χ4v) is 3.64. The molecule has 1 aliphatic heterocycles. The number of alkyl halides is 2. The number of ether oxygens (including phenoxy) is 2. The van der Waals surface area contributed by atoms with Gasteiger partial charge in [0.25, 0.3) is 0 Å². The fraction of sp³-hybridized carbons (Fsp3) is 0.217. The van der Waals surface area contributed by atoms with E-state index in [2.05, 4.69) is 0 Å². The number of pyridine rings is 1. The van der Waals surface area contributed by atoms with Crippen LogP contribution in [0.5, 0.6) is 11.5 Å². The monoisotopic (exact) mass is 461 g/mol. The predicted octanol–water partition coefficient (Wildman–Crippen LogP) is 4.32. The molecule has 0 fully saturated rings. The molecule has 0 saturated carbocycles. The highest BCUT2D eigenvalue weighted by Gasteiger charge is 2.31. The van der Waals surface area contributed by atoms with Crippen LogP contribution in [0, 0.1) is 0 Å². The third-order valence-corrected chi connectivity index (χ3v) is 5.31. The van der Waals surface area contributed by atoms with Gasteiger partial charge in [-0.05, 0) is 13.0 Å². The lowest BCUT2D eigenvalue weighted by Crippen LogP contribution is -2.30. The SMILES string of the molecule is CC(=O)c1cn2c(cc1=O)-c1cc(Cl)c(OCC(F)(F)CO)cc1OC2c1ccccc1. The van der Waals surface area contributed by atoms with Gasteiger partial charge < -0.3 is 19.1 Å². The molecule has 1 aliphatic rings. The van der Waals surface area contributed by atoms with Gasteiger partial charge in [-0.2, -0.15) is 0 Å². The van der Waals surface area contributed by atoms with E-state index in [1.807, 2.05) is 30.3 Å². The third-order valence-electron chi connectivity index (χ3n) is 5.02. The number of carbonyl (C=O) groups excluding carboxylic acids is 1. The molecule has 0 bridgehead atoms. The summed E-state index contributed by atoms with van der Waals surface area (Å²) < 4.78 is 39.8. The van der Waals surface area contributed by atoms with Crippen molar-refractivity contribution in [2.24, 2.45) is 0 Å². The second kappa shape index (κ2) is 8.37. The number of aliphatic hydroxyl groups is 1. The number of carbonyl (C=O) groups is 1. The summed E-state index contributed by atoms with van der Waals surface area (Å²) in [5.74, 6) is -3.60. The summed E-state index contributed by atoms with van der Waals surface area (Å²) >= 11 is 6.25. The number of ketones is 1. The van der Waals surface area contributed by atoms with Gasteiger partial charge in [0.1, 0.15) is 18.1 Å². The van der Waals surface area contributed by atoms with Crippen molar-refractivity contribution in [3.8, 4) is 22.8 Å². The van der Waals surface area contributed by atoms with E-state index < -0.39 is 30.8 Å². The number of hydrogen-bond donors (Lipinski definition) is 1. The fourth-order valence-electron chi connectivity index (χ4n) is 3.42. The summed E-state index contributed by atoms with van der Waals surface area (Å²) in [5, 5.41) is 8.77. The summed E-state index contributed by atoms with van der Waals surface area (Å²) in [4.78, 5) is 24.5. The normalized spacial score (nSPS) is 14.8. The summed E-state index contributed by atoms with van der Waals surface area (Å²) in [6, 6.07) is 13.2. The molecule has 1 atom stereocenters. The van der Waals surface area contributed by atoms with Gasteiger partial charge in [-0.1, -0.05) is 41.9 Å². The van der Waals surface area contributed by atoms with Crippen molar-refractivity contribution < 1.29 is 28.2 Å². The summed E-state index contributed by atoms with van der Waals surface area (Å²) in [6.45, 7) is -1.12. The quantitative estimate of drug-likeness (QED) is 0.553. The molecule has 4 rings (SSSR count). The first-order valence-electron chi connectivity index (χ1n) is 9.64. The first-order chi connectivity index (χ1) is 15.2. The molecule has 166 valence electrons. The Morgan fingerprint density at radius 3 is 2.62 bits per heavy atom. The van der Waals surface area contributed by atoms with Gasteiger partial charge in [0.2, 0.25) is 6.23 Å². The largest absolute Gasteiger partial charge is 0.486 e. The molecular formula is C23H18ClF2NO5. The van der Waals surface area contributed by atoms with Gasteiger partial charge in [0, 0.05) is 29.5 Å². The molecule has 1 unspecified atom stereocenters. The van der Waals surface area contributed by atoms with Crippen LogP contribution in [0.2, 0.25) is 5.02 Å². The third kappa shape index (κ3) is 4.11. The Bertz CT molecular complexity index is 1240. The number of benzene rings is 2. The number of Topliss-reactive ketones (excluding diaryl/α,β-unsaturated/α-hetero) is 1. The molecule has 0 amide bonds. The number of rotatable bonds is 6. The summed E-state index contributed by atoms with van der Waals surface area (Å²) in [6.07, 6.45) is 0.714. The van der Waals surface area contributed by atoms with E-state index in [-0.39, 0.29) is 27.9 Å². The lowest BCUT2D eigenvalue weighted by molar-refractivity contribution is -0.0801. The van der Waals surface area contributed by atoms with Crippen LogP contribution in [0.25, 0.3) is 11.3 Å². The number of hydrogen-bond acceptors (Lipinski definition) is 5. The van der Waals surface area contributed by atoms with Crippen LogP contribution in [0.1, 0.15) is 29.1 Å². The van der Waals surface area contributed by atoms with Crippen molar-refractivity contribution >= 4 is 17.4 Å². The Hall–Kier alpha value is -3.23. The predicted molar refractivity (Wildman–Crippen MR) is 114 cm³/mol. The van der Waals surface area contributed by atoms with E-state index in [4.69, 9.17) is 26.2 Å². The average molecular weight is 462 g/mol. The maximum Gasteiger partial charge on any atom is 0.303 e. The number of fused-ring (bicyclic) bond motifs is 3. The molecule has 32 heavy (non-hydrogen) atoms. The highest BCUT2D eigenvalue weighted by atomic mass is 35.5. The highest BCUT2D eigenvalue weighted by molar-refractivity contribution is 6.32. The minimum atomic E-state index is -3.43. The van der Waals surface area contributed by atoms with Crippen LogP contribution in [0.15, 0.2) is 59.5 Å². The van der Waals surface area contributed by atoms with Crippen LogP contribution in [-0.2, 0) is 0 Å². The Morgan fingerprint density at radius 2 is 1.97 bits per heavy atom. The topological polar surface area (TPSA) is 77.8 Å². The molecule has 2 heterocycles. The van der Waals surface area contributed by atoms with E-state index in [1.54, 1.807) is 4.57 Å². The molecule has 0 spiro atoms. The molecule has 2 aromatic carbocycles. The molecule has 1 aromatic heterocycles. The summed E-state index contributed by atoms with van der Waals surface area (Å²) in [5.41, 5.74) is 1.18. The molecule has 0 aliphatic carbocycles. The van der Waals surface area contributed by atoms with Crippen LogP contribution in [0.4, 0.5) is 8.78 Å². The first-order valence-corrected chi connectivity index (χ1v) is 10.0. The zero-order valence-electron chi connectivity index (χ0n) is 16.8. The van der Waals surface area contributed by atoms with Gasteiger partial charge in [0.05, 0.1) is 16.3 Å². The number of aromatic nitrogens is 1. The van der Waals surface area contributed by atoms with Gasteiger partial charge in [0.15, 0.2) is 17.8 Å². The number of nitrogens with zero attached hydrogens (tertiary/aromatic N) is 1. The standard InChI is InChI=1S/C23H18ClF2NO5/c1-13(29)16-10-27-18(8-19(16)30)15-7-17(24)21(31-12-23(25,26)11-28)9-20(15)32-22(27)14-5-3-2-4-6-14/h2-10,22,28H,11-12H2,1H3. The molecule has 0 saturated heterocycles. The van der Waals surface area contributed by atoms with E-state index >= 15 is 0 Å². The molecule has 0 radical (unpaired) electrons. The minimum absolute atomic E-state index is 0.0130. The van der Waals surface area contributed by atoms with Crippen LogP contribution in [-0.4, -0.2) is 34.6 Å². The maximum absolute atomic E-state index is 13.4. The smallest absolute Gasteiger partial charge is 0.303 e. The Labute approximate surface area is 186 Å². The van der Waals surface area contributed by atoms with Crippen molar-refractivity contribution in [1.82, 2.24) is 4.57 Å². The first kappa shape index (κ1) is 22.0.